The van der Waals surface area contributed by atoms with Gasteiger partial charge in [-0.1, -0.05) is 13.8 Å². The van der Waals surface area contributed by atoms with Crippen LogP contribution in [0.2, 0.25) is 0 Å². The molecule has 0 aromatic carbocycles. The number of nitrogens with zero attached hydrogens (tertiary/aromatic N) is 5. The van der Waals surface area contributed by atoms with Crippen LogP contribution in [0.25, 0.3) is 22.3 Å². The number of halogens is 1. The molecule has 1 aliphatic rings. The van der Waals surface area contributed by atoms with Crippen LogP contribution in [0.15, 0.2) is 59.9 Å². The van der Waals surface area contributed by atoms with Crippen molar-refractivity contribution in [3.8, 4) is 11.4 Å². The van der Waals surface area contributed by atoms with Gasteiger partial charge in [0, 0.05) is 48.6 Å². The number of carbonyl (C=O) groups excluding carboxylic acids is 1. The number of hydrogen-bond donors (Lipinski definition) is 1. The van der Waals surface area contributed by atoms with E-state index >= 15 is 0 Å². The third-order valence-corrected chi connectivity index (χ3v) is 7.14. The molecule has 190 valence electrons. The van der Waals surface area contributed by atoms with Crippen LogP contribution >= 0.6 is 11.8 Å². The summed E-state index contributed by atoms with van der Waals surface area (Å²) in [6.07, 6.45) is 6.44. The number of amides is 1. The van der Waals surface area contributed by atoms with Crippen molar-refractivity contribution >= 4 is 34.4 Å². The lowest BCUT2D eigenvalue weighted by atomic mass is 9.92. The van der Waals surface area contributed by atoms with E-state index < -0.39 is 0 Å². The van der Waals surface area contributed by atoms with Gasteiger partial charge in [0.2, 0.25) is 0 Å². The summed E-state index contributed by atoms with van der Waals surface area (Å²) in [5.74, 6) is 1.20. The maximum absolute atomic E-state index is 14.7. The highest BCUT2D eigenvalue weighted by atomic mass is 32.2. The van der Waals surface area contributed by atoms with E-state index in [0.29, 0.717) is 45.8 Å². The number of pyridine rings is 4. The van der Waals surface area contributed by atoms with Gasteiger partial charge in [0.05, 0.1) is 34.2 Å². The molecular weight excluding hydrogens is 487 g/mol. The molecule has 9 heteroatoms. The summed E-state index contributed by atoms with van der Waals surface area (Å²) >= 11 is 1.48. The zero-order valence-corrected chi connectivity index (χ0v) is 21.9. The van der Waals surface area contributed by atoms with Crippen LogP contribution in [0.5, 0.6) is 0 Å². The molecule has 7 nitrogen and oxygen atoms in total. The third kappa shape index (κ3) is 5.88. The van der Waals surface area contributed by atoms with Crippen LogP contribution in [0.3, 0.4) is 0 Å². The van der Waals surface area contributed by atoms with Crippen molar-refractivity contribution in [2.24, 2.45) is 11.8 Å². The molecule has 0 saturated carbocycles. The summed E-state index contributed by atoms with van der Waals surface area (Å²) in [6, 6.07) is 12.0. The van der Waals surface area contributed by atoms with Gasteiger partial charge in [-0.15, -0.1) is 11.8 Å². The van der Waals surface area contributed by atoms with E-state index in [2.05, 4.69) is 34.0 Å². The summed E-state index contributed by atoms with van der Waals surface area (Å²) in [5, 5.41) is 4.54. The lowest BCUT2D eigenvalue weighted by molar-refractivity contribution is 0.0950. The van der Waals surface area contributed by atoms with E-state index in [0.717, 1.165) is 23.5 Å². The Morgan fingerprint density at radius 3 is 2.65 bits per heavy atom. The van der Waals surface area contributed by atoms with Crippen LogP contribution in [0.1, 0.15) is 36.3 Å². The Morgan fingerprint density at radius 2 is 1.86 bits per heavy atom. The Labute approximate surface area is 220 Å². The fourth-order valence-corrected chi connectivity index (χ4v) is 5.27. The van der Waals surface area contributed by atoms with Crippen molar-refractivity contribution in [2.45, 2.75) is 31.8 Å². The fraction of sp³-hybridized carbons (Fsp3) is 0.321. The van der Waals surface area contributed by atoms with E-state index in [1.165, 1.54) is 30.3 Å². The SMILES string of the molecule is CSc1cc(C(=O)NCc2cc3nc(-c4cc(F)cc(N5CC(C)CC(C)C5)n4)ccc3cn2)ccn1. The molecule has 1 N–H and O–H groups in total. The number of thioether (sulfide) groups is 1. The van der Waals surface area contributed by atoms with Gasteiger partial charge >= 0.3 is 0 Å². The third-order valence-electron chi connectivity index (χ3n) is 6.50. The molecule has 4 aromatic rings. The van der Waals surface area contributed by atoms with Crippen molar-refractivity contribution in [3.05, 3.63) is 71.9 Å². The highest BCUT2D eigenvalue weighted by Crippen LogP contribution is 2.28. The highest BCUT2D eigenvalue weighted by Gasteiger charge is 2.23. The van der Waals surface area contributed by atoms with Crippen LogP contribution in [-0.2, 0) is 6.54 Å². The first-order valence-corrected chi connectivity index (χ1v) is 13.6. The minimum Gasteiger partial charge on any atom is -0.356 e. The molecule has 5 rings (SSSR count). The van der Waals surface area contributed by atoms with Crippen LogP contribution < -0.4 is 10.2 Å². The minimum absolute atomic E-state index is 0.195. The van der Waals surface area contributed by atoms with E-state index in [1.54, 1.807) is 24.5 Å². The number of carbonyl (C=O) groups is 1. The summed E-state index contributed by atoms with van der Waals surface area (Å²) in [7, 11) is 0. The molecule has 2 atom stereocenters. The second-order valence-corrected chi connectivity index (χ2v) is 10.5. The van der Waals surface area contributed by atoms with E-state index in [-0.39, 0.29) is 18.3 Å². The lowest BCUT2D eigenvalue weighted by Crippen LogP contribution is -2.39. The molecule has 0 radical (unpaired) electrons. The van der Waals surface area contributed by atoms with Crippen LogP contribution in [0.4, 0.5) is 10.2 Å². The summed E-state index contributed by atoms with van der Waals surface area (Å²) in [5.41, 5.74) is 3.02. The molecule has 1 amide bonds. The van der Waals surface area contributed by atoms with Gasteiger partial charge in [-0.3, -0.25) is 9.78 Å². The van der Waals surface area contributed by atoms with E-state index in [9.17, 15) is 9.18 Å². The minimum atomic E-state index is -0.327. The van der Waals surface area contributed by atoms with Crippen LogP contribution in [0, 0.1) is 17.7 Å². The number of rotatable bonds is 6. The predicted molar refractivity (Wildman–Crippen MR) is 145 cm³/mol. The molecule has 5 heterocycles. The maximum atomic E-state index is 14.7. The molecular formula is C28H29FN6OS. The fourth-order valence-electron chi connectivity index (χ4n) is 4.86. The van der Waals surface area contributed by atoms with Gasteiger partial charge < -0.3 is 10.2 Å². The number of hydrogen-bond acceptors (Lipinski definition) is 7. The number of fused-ring (bicyclic) bond motifs is 1. The molecule has 1 saturated heterocycles. The van der Waals surface area contributed by atoms with Crippen molar-refractivity contribution in [1.29, 1.82) is 0 Å². The molecule has 0 spiro atoms. The maximum Gasteiger partial charge on any atom is 0.251 e. The number of aromatic nitrogens is 4. The second-order valence-electron chi connectivity index (χ2n) is 9.71. The summed E-state index contributed by atoms with van der Waals surface area (Å²) < 4.78 is 14.7. The van der Waals surface area contributed by atoms with Gasteiger partial charge in [0.25, 0.3) is 5.91 Å². The number of piperidine rings is 1. The van der Waals surface area contributed by atoms with E-state index in [4.69, 9.17) is 9.97 Å². The zero-order valence-electron chi connectivity index (χ0n) is 21.1. The van der Waals surface area contributed by atoms with Gasteiger partial charge in [-0.05, 0) is 54.8 Å². The van der Waals surface area contributed by atoms with E-state index in [1.807, 2.05) is 24.5 Å². The molecule has 0 aliphatic carbocycles. The Kier molecular flexibility index (Phi) is 7.32. The van der Waals surface area contributed by atoms with Gasteiger partial charge in [0.1, 0.15) is 11.6 Å². The lowest BCUT2D eigenvalue weighted by Gasteiger charge is -2.36. The first-order chi connectivity index (χ1) is 17.9. The summed E-state index contributed by atoms with van der Waals surface area (Å²) in [6.45, 7) is 6.43. The Balaban J connectivity index is 1.37. The quantitative estimate of drug-likeness (QED) is 0.345. The Morgan fingerprint density at radius 1 is 1.05 bits per heavy atom. The van der Waals surface area contributed by atoms with Gasteiger partial charge in [0.15, 0.2) is 0 Å². The molecule has 37 heavy (non-hydrogen) atoms. The first-order valence-electron chi connectivity index (χ1n) is 12.3. The standard InChI is InChI=1S/C28H29FN6OS/c1-17-8-18(2)16-35(15-17)26-11-21(29)10-25(34-26)23-5-4-20-13-31-22(12-24(20)33-23)14-32-28(36)19-6-7-30-27(9-19)37-3/h4-7,9-13,17-18H,8,14-16H2,1-3H3,(H,32,36). The normalized spacial score (nSPS) is 17.7. The topological polar surface area (TPSA) is 83.9 Å². The first kappa shape index (κ1) is 25.1. The Bertz CT molecular complexity index is 1440. The van der Waals surface area contributed by atoms with Crippen molar-refractivity contribution in [3.63, 3.8) is 0 Å². The number of nitrogens with one attached hydrogen (secondary N) is 1. The molecule has 0 bridgehead atoms. The summed E-state index contributed by atoms with van der Waals surface area (Å²) in [4.78, 5) is 32.9. The smallest absolute Gasteiger partial charge is 0.251 e. The van der Waals surface area contributed by atoms with Crippen LogP contribution in [-0.4, -0.2) is 45.2 Å². The molecule has 1 aliphatic heterocycles. The largest absolute Gasteiger partial charge is 0.356 e. The second kappa shape index (κ2) is 10.8. The van der Waals surface area contributed by atoms with Crippen molar-refractivity contribution < 1.29 is 9.18 Å². The molecule has 1 fully saturated rings. The number of anilines is 1. The average molecular weight is 517 g/mol. The highest BCUT2D eigenvalue weighted by molar-refractivity contribution is 7.98. The van der Waals surface area contributed by atoms with Gasteiger partial charge in [-0.2, -0.15) is 0 Å². The van der Waals surface area contributed by atoms with Crippen molar-refractivity contribution in [2.75, 3.05) is 24.2 Å². The monoisotopic (exact) mass is 516 g/mol. The zero-order chi connectivity index (χ0) is 25.9. The predicted octanol–water partition coefficient (Wildman–Crippen LogP) is 5.36. The molecule has 2 unspecified atom stereocenters. The van der Waals surface area contributed by atoms with Gasteiger partial charge in [-0.25, -0.2) is 19.3 Å². The van der Waals surface area contributed by atoms with Crippen molar-refractivity contribution in [1.82, 2.24) is 25.3 Å². The molecule has 4 aromatic heterocycles. The average Bonchev–Trinajstić information content (AvgIpc) is 2.90. The Hall–Kier alpha value is -3.59.